The molecule has 0 N–H and O–H groups in total. The van der Waals surface area contributed by atoms with Crippen LogP contribution in [0, 0.1) is 0 Å². The van der Waals surface area contributed by atoms with Crippen LogP contribution >= 0.6 is 69.6 Å². The molecule has 4 amide bonds. The molecule has 6 atom stereocenters. The zero-order valence-corrected chi connectivity index (χ0v) is 53.3. The highest BCUT2D eigenvalue weighted by molar-refractivity contribution is 6.74. The van der Waals surface area contributed by atoms with Gasteiger partial charge in [-0.15, -0.1) is 0 Å². The highest BCUT2D eigenvalue weighted by Gasteiger charge is 2.55. The lowest BCUT2D eigenvalue weighted by molar-refractivity contribution is -0.146. The second kappa shape index (κ2) is 24.5. The maximum absolute atomic E-state index is 14.8. The predicted octanol–water partition coefficient (Wildman–Crippen LogP) is 11.2. The van der Waals surface area contributed by atoms with Gasteiger partial charge >= 0.3 is 24.1 Å². The number of fused-ring (bicyclic) bond motifs is 4. The van der Waals surface area contributed by atoms with Crippen molar-refractivity contribution in [1.82, 2.24) is 9.80 Å². The van der Waals surface area contributed by atoms with Gasteiger partial charge in [0, 0.05) is 45.2 Å². The number of alkyl halides is 6. The largest absolute Gasteiger partial charge is 0.493 e. The number of carbonyl (C=O) groups is 6. The number of amides is 4. The van der Waals surface area contributed by atoms with Crippen LogP contribution in [0.4, 0.5) is 21.0 Å². The Kier molecular flexibility index (Phi) is 20.0. The maximum atomic E-state index is 14.8. The SMILES string of the molecule is COc1cc2c(cc1OCCCOc1cc3c(cc1OC)C(=O)N1C[C@H](OC(C)=O)C[C@H]1[C@H](O[Si](C)(C)C(C)(C)C)N3C(=O)OCC(Cl)(Cl)Cl)N(C(=O)OCC(Cl)(Cl)Cl)[C@@H](O[Si](C)(C)C(C)(C)C)[C@@H]1C[C@@H](OC(C)=O)CN1C2=O. The van der Waals surface area contributed by atoms with Crippen LogP contribution in [0.5, 0.6) is 23.0 Å². The Morgan fingerprint density at radius 3 is 1.20 bits per heavy atom. The van der Waals surface area contributed by atoms with Gasteiger partial charge in [-0.2, -0.15) is 0 Å². The summed E-state index contributed by atoms with van der Waals surface area (Å²) in [5.74, 6) is -1.60. The molecular formula is C51H70Cl6N4O16Si2. The smallest absolute Gasteiger partial charge is 0.416 e. The quantitative estimate of drug-likeness (QED) is 0.0503. The van der Waals surface area contributed by atoms with Crippen molar-refractivity contribution < 1.29 is 75.5 Å². The number of esters is 2. The van der Waals surface area contributed by atoms with Gasteiger partial charge in [0.25, 0.3) is 11.8 Å². The Morgan fingerprint density at radius 2 is 0.911 bits per heavy atom. The molecule has 28 heteroatoms. The number of carbonyl (C=O) groups excluding carboxylic acids is 6. The first-order valence-electron chi connectivity index (χ1n) is 25.5. The van der Waals surface area contributed by atoms with Crippen molar-refractivity contribution in [3.05, 3.63) is 35.4 Å². The van der Waals surface area contributed by atoms with Gasteiger partial charge in [0.1, 0.15) is 25.4 Å². The molecule has 4 aliphatic heterocycles. The molecule has 2 aromatic rings. The molecule has 0 aliphatic carbocycles. The molecule has 0 bridgehead atoms. The van der Waals surface area contributed by atoms with Gasteiger partial charge in [0.15, 0.2) is 52.1 Å². The van der Waals surface area contributed by atoms with E-state index in [1.807, 2.05) is 67.7 Å². The number of hydrogen-bond donors (Lipinski definition) is 0. The molecule has 0 spiro atoms. The molecule has 0 aromatic heterocycles. The normalized spacial score (nSPS) is 21.7. The Balaban J connectivity index is 1.36. The van der Waals surface area contributed by atoms with E-state index in [9.17, 15) is 28.8 Å². The van der Waals surface area contributed by atoms with Gasteiger partial charge in [0.2, 0.25) is 7.59 Å². The summed E-state index contributed by atoms with van der Waals surface area (Å²) in [7, 11) is -2.85. The van der Waals surface area contributed by atoms with Crippen LogP contribution in [0.15, 0.2) is 24.3 Å². The van der Waals surface area contributed by atoms with Crippen molar-refractivity contribution in [3.63, 3.8) is 0 Å². The first kappa shape index (κ1) is 64.3. The Bertz CT molecular complexity index is 2470. The molecule has 2 fully saturated rings. The first-order chi connectivity index (χ1) is 36.4. The van der Waals surface area contributed by atoms with Crippen LogP contribution in [0.3, 0.4) is 0 Å². The summed E-state index contributed by atoms with van der Waals surface area (Å²) in [6, 6.07) is 4.17. The van der Waals surface area contributed by atoms with Crippen LogP contribution in [0.2, 0.25) is 36.3 Å². The highest BCUT2D eigenvalue weighted by atomic mass is 35.6. The number of rotatable bonds is 16. The molecule has 0 saturated carbocycles. The minimum atomic E-state index is -2.81. The first-order valence-corrected chi connectivity index (χ1v) is 33.5. The summed E-state index contributed by atoms with van der Waals surface area (Å²) < 4.78 is 56.8. The number of nitrogens with zero attached hydrogens (tertiary/aromatic N) is 4. The van der Waals surface area contributed by atoms with Crippen molar-refractivity contribution in [2.75, 3.05) is 63.5 Å². The molecule has 2 aromatic carbocycles. The molecule has 6 rings (SSSR count). The molecule has 0 unspecified atom stereocenters. The molecule has 4 aliphatic rings. The van der Waals surface area contributed by atoms with Gasteiger partial charge in [0.05, 0.1) is 75.1 Å². The number of ether oxygens (including phenoxy) is 8. The number of methoxy groups -OCH3 is 2. The summed E-state index contributed by atoms with van der Waals surface area (Å²) >= 11 is 36.5. The highest BCUT2D eigenvalue weighted by Crippen LogP contribution is 2.48. The molecule has 0 radical (unpaired) electrons. The number of hydrogen-bond acceptors (Lipinski definition) is 16. The van der Waals surface area contributed by atoms with E-state index in [1.165, 1.54) is 71.9 Å². The second-order valence-electron chi connectivity index (χ2n) is 22.7. The standard InChI is InChI=1S/C51H70Cl6N4O16Si2/c1-28(62)74-30-18-36-44(76-78(11,12)48(3,4)5)60(46(66)72-26-50(52,53)54)34-22-40(38(68-9)20-32(34)42(64)58(36)24-30)70-16-15-17-71-41-23-35-33(21-39(41)69-10)43(65)59-25-31(75-29(2)63)19-37(59)45(77-79(13,14)49(6,7)8)61(35)47(67)73-27-51(55,56)57/h20-23,30-31,36-37,44-45H,15-19,24-27H2,1-14H3/t30-,31-,36+,37+,44+,45+/m1/s1. The number of benzene rings is 2. The molecule has 440 valence electrons. The van der Waals surface area contributed by atoms with Crippen molar-refractivity contribution >= 4 is 134 Å². The van der Waals surface area contributed by atoms with Crippen molar-refractivity contribution in [2.24, 2.45) is 0 Å². The van der Waals surface area contributed by atoms with Crippen molar-refractivity contribution in [2.45, 2.75) is 155 Å². The topological polar surface area (TPSA) is 208 Å². The lowest BCUT2D eigenvalue weighted by atomic mass is 10.1. The van der Waals surface area contributed by atoms with Crippen LogP contribution in [-0.2, 0) is 37.4 Å². The third-order valence-corrected chi connectivity index (χ3v) is 24.4. The maximum Gasteiger partial charge on any atom is 0.416 e. The third kappa shape index (κ3) is 15.1. The fourth-order valence-corrected chi connectivity index (χ4v) is 11.9. The minimum Gasteiger partial charge on any atom is -0.493 e. The number of anilines is 2. The summed E-state index contributed by atoms with van der Waals surface area (Å²) in [5.41, 5.74) is 0.142. The number of halogens is 6. The molecule has 4 heterocycles. The van der Waals surface area contributed by atoms with Crippen molar-refractivity contribution in [3.8, 4) is 23.0 Å². The summed E-state index contributed by atoms with van der Waals surface area (Å²) in [4.78, 5) is 88.6. The Labute approximate surface area is 493 Å². The van der Waals surface area contributed by atoms with E-state index in [2.05, 4.69) is 0 Å². The average Bonchev–Trinajstić information content (AvgIpc) is 4.16. The molecular weight excluding hydrogens is 1190 g/mol. The molecule has 20 nitrogen and oxygen atoms in total. The summed E-state index contributed by atoms with van der Waals surface area (Å²) in [5, 5.41) is -0.773. The minimum absolute atomic E-state index is 0.00393. The lowest BCUT2D eigenvalue weighted by Crippen LogP contribution is -2.58. The fraction of sp³-hybridized carbons (Fsp3) is 0.647. The van der Waals surface area contributed by atoms with E-state index in [-0.39, 0.29) is 101 Å². The fourth-order valence-electron chi connectivity index (χ4n) is 9.09. The Hall–Kier alpha value is -3.85. The van der Waals surface area contributed by atoms with E-state index in [4.69, 9.17) is 116 Å². The zero-order valence-electron chi connectivity index (χ0n) is 46.7. The van der Waals surface area contributed by atoms with Crippen molar-refractivity contribution in [1.29, 1.82) is 0 Å². The second-order valence-corrected chi connectivity index (χ2v) is 37.2. The van der Waals surface area contributed by atoms with E-state index >= 15 is 0 Å². The molecule has 2 saturated heterocycles. The summed E-state index contributed by atoms with van der Waals surface area (Å²) in [6.45, 7) is 21.3. The summed E-state index contributed by atoms with van der Waals surface area (Å²) in [6.07, 6.45) is -5.36. The van der Waals surface area contributed by atoms with Crippen LogP contribution < -0.4 is 28.7 Å². The van der Waals surface area contributed by atoms with Crippen LogP contribution in [0.25, 0.3) is 0 Å². The monoisotopic (exact) mass is 1260 g/mol. The van der Waals surface area contributed by atoms with Gasteiger partial charge in [-0.05, 0) is 48.4 Å². The molecule has 79 heavy (non-hydrogen) atoms. The van der Waals surface area contributed by atoms with Gasteiger partial charge < -0.3 is 56.5 Å². The van der Waals surface area contributed by atoms with Crippen LogP contribution in [-0.4, -0.2) is 160 Å². The van der Waals surface area contributed by atoms with E-state index in [0.717, 1.165) is 0 Å². The third-order valence-electron chi connectivity index (χ3n) is 14.9. The van der Waals surface area contributed by atoms with E-state index < -0.39 is 110 Å². The lowest BCUT2D eigenvalue weighted by Gasteiger charge is -2.44. The zero-order chi connectivity index (χ0) is 59.1. The van der Waals surface area contributed by atoms with Crippen LogP contribution in [0.1, 0.15) is 95.4 Å². The predicted molar refractivity (Wildman–Crippen MR) is 304 cm³/mol. The average molecular weight is 1260 g/mol. The Morgan fingerprint density at radius 1 is 0.570 bits per heavy atom. The van der Waals surface area contributed by atoms with Gasteiger partial charge in [-0.25, -0.2) is 19.4 Å². The van der Waals surface area contributed by atoms with Gasteiger partial charge in [-0.1, -0.05) is 111 Å². The van der Waals surface area contributed by atoms with E-state index in [1.54, 1.807) is 0 Å². The van der Waals surface area contributed by atoms with Gasteiger partial charge in [-0.3, -0.25) is 19.2 Å². The van der Waals surface area contributed by atoms with E-state index in [0.29, 0.717) is 0 Å².